The molecule has 0 bridgehead atoms. The number of aliphatic hydroxyl groups is 1. The van der Waals surface area contributed by atoms with Crippen molar-refractivity contribution in [2.75, 3.05) is 18.5 Å². The van der Waals surface area contributed by atoms with Crippen LogP contribution in [0.25, 0.3) is 5.57 Å². The zero-order chi connectivity index (χ0) is 23.2. The maximum absolute atomic E-state index is 13.4. The van der Waals surface area contributed by atoms with Crippen LogP contribution in [0.4, 0.5) is 29.9 Å². The molecule has 2 amide bonds. The second-order valence-electron chi connectivity index (χ2n) is 7.78. The molecule has 3 N–H and O–H groups in total. The van der Waals surface area contributed by atoms with E-state index in [1.54, 1.807) is 30.3 Å². The van der Waals surface area contributed by atoms with Crippen molar-refractivity contribution in [3.8, 4) is 0 Å². The Kier molecular flexibility index (Phi) is 5.07. The maximum atomic E-state index is 13.4. The van der Waals surface area contributed by atoms with Crippen molar-refractivity contribution in [3.63, 3.8) is 0 Å². The van der Waals surface area contributed by atoms with Gasteiger partial charge in [-0.1, -0.05) is 55.8 Å². The van der Waals surface area contributed by atoms with Crippen LogP contribution in [0.2, 0.25) is 0 Å². The zero-order valence-corrected chi connectivity index (χ0v) is 17.5. The van der Waals surface area contributed by atoms with Crippen LogP contribution < -0.4 is 10.6 Å². The van der Waals surface area contributed by atoms with Crippen molar-refractivity contribution < 1.29 is 34.1 Å². The Labute approximate surface area is 181 Å². The molecule has 0 fully saturated rings. The van der Waals surface area contributed by atoms with E-state index in [1.807, 2.05) is 0 Å². The van der Waals surface area contributed by atoms with E-state index in [1.165, 1.54) is 0 Å². The summed E-state index contributed by atoms with van der Waals surface area (Å²) in [6.07, 6.45) is 1.30. The van der Waals surface area contributed by atoms with E-state index in [2.05, 4.69) is 10.6 Å². The van der Waals surface area contributed by atoms with Gasteiger partial charge in [-0.3, -0.25) is 0 Å². The Balaban J connectivity index is 1.61. The molecule has 1 heterocycles. The monoisotopic (exact) mass is 476 g/mol. The van der Waals surface area contributed by atoms with Crippen molar-refractivity contribution in [1.29, 1.82) is 0 Å². The van der Waals surface area contributed by atoms with Crippen molar-refractivity contribution >= 4 is 27.5 Å². The van der Waals surface area contributed by atoms with E-state index >= 15 is 0 Å². The lowest BCUT2D eigenvalue weighted by Crippen LogP contribution is -2.40. The molecule has 0 saturated heterocycles. The fraction of sp³-hybridized carbons (Fsp3) is 0.286. The summed E-state index contributed by atoms with van der Waals surface area (Å²) in [5.41, 5.74) is 1.86. The number of halogens is 5. The van der Waals surface area contributed by atoms with E-state index in [9.17, 15) is 29.3 Å². The summed E-state index contributed by atoms with van der Waals surface area (Å²) in [4.78, 5) is 10.5. The third kappa shape index (κ3) is 4.74. The summed E-state index contributed by atoms with van der Waals surface area (Å²) in [7, 11) is -9.95. The number of anilines is 1. The van der Waals surface area contributed by atoms with Gasteiger partial charge in [-0.2, -0.15) is 0 Å². The molecule has 0 spiro atoms. The van der Waals surface area contributed by atoms with Gasteiger partial charge in [-0.15, -0.1) is 0 Å². The Morgan fingerprint density at radius 3 is 2.50 bits per heavy atom. The van der Waals surface area contributed by atoms with Crippen LogP contribution in [0.3, 0.4) is 0 Å². The highest BCUT2D eigenvalue weighted by molar-refractivity contribution is 8.45. The summed E-state index contributed by atoms with van der Waals surface area (Å²) in [6, 6.07) is 6.93. The van der Waals surface area contributed by atoms with Crippen LogP contribution in [-0.4, -0.2) is 30.4 Å². The molecule has 4 rings (SSSR count). The Hall–Kier alpha value is -2.63. The first-order valence-electron chi connectivity index (χ1n) is 9.80. The van der Waals surface area contributed by atoms with Gasteiger partial charge in [0.05, 0.1) is 31.0 Å². The number of urea groups is 1. The van der Waals surface area contributed by atoms with E-state index in [0.717, 1.165) is 11.6 Å². The van der Waals surface area contributed by atoms with E-state index in [0.29, 0.717) is 36.7 Å². The minimum Gasteiger partial charge on any atom is -0.386 e. The van der Waals surface area contributed by atoms with Crippen LogP contribution in [0.1, 0.15) is 29.2 Å². The van der Waals surface area contributed by atoms with Crippen molar-refractivity contribution in [2.45, 2.75) is 29.9 Å². The minimum absolute atomic E-state index is 0.198. The van der Waals surface area contributed by atoms with Gasteiger partial charge in [0.25, 0.3) is 0 Å². The highest BCUT2D eigenvalue weighted by Crippen LogP contribution is 3.02. The third-order valence-electron chi connectivity index (χ3n) is 5.51. The summed E-state index contributed by atoms with van der Waals surface area (Å²) in [5.74, 6) is 0. The smallest absolute Gasteiger partial charge is 0.319 e. The van der Waals surface area contributed by atoms with E-state index < -0.39 is 39.0 Å². The Morgan fingerprint density at radius 1 is 1.09 bits per heavy atom. The number of hydrogen-bond acceptors (Lipinski definition) is 3. The quantitative estimate of drug-likeness (QED) is 0.479. The number of carbonyl (C=O) groups is 1. The molecule has 174 valence electrons. The predicted molar refractivity (Wildman–Crippen MR) is 112 cm³/mol. The lowest BCUT2D eigenvalue weighted by atomic mass is 9.99. The molecule has 2 aliphatic rings. The van der Waals surface area contributed by atoms with Gasteiger partial charge in [-0.25, -0.2) is 4.79 Å². The average Bonchev–Trinajstić information content (AvgIpc) is 3.02. The topological polar surface area (TPSA) is 70.6 Å². The first kappa shape index (κ1) is 22.6. The zero-order valence-electron chi connectivity index (χ0n) is 16.7. The number of benzene rings is 2. The summed E-state index contributed by atoms with van der Waals surface area (Å²) in [6.45, 7) is 0.532. The average molecular weight is 476 g/mol. The predicted octanol–water partition coefficient (Wildman–Crippen LogP) is 5.93. The molecule has 0 aromatic heterocycles. The number of aliphatic hydroxyl groups excluding tert-OH is 1. The van der Waals surface area contributed by atoms with Gasteiger partial charge in [0, 0.05) is 5.56 Å². The largest absolute Gasteiger partial charge is 0.386 e. The molecule has 2 atom stereocenters. The molecule has 32 heavy (non-hydrogen) atoms. The molecular formula is C21H21F5N2O3S. The molecule has 0 radical (unpaired) electrons. The van der Waals surface area contributed by atoms with Gasteiger partial charge in [0.2, 0.25) is 0 Å². The van der Waals surface area contributed by atoms with Gasteiger partial charge in [-0.05, 0) is 41.7 Å². The maximum Gasteiger partial charge on any atom is 0.319 e. The van der Waals surface area contributed by atoms with Crippen molar-refractivity contribution in [3.05, 3.63) is 65.2 Å². The summed E-state index contributed by atoms with van der Waals surface area (Å²) in [5, 5.41) is 15.2. The number of amides is 2. The summed E-state index contributed by atoms with van der Waals surface area (Å²) >= 11 is 0. The van der Waals surface area contributed by atoms with Gasteiger partial charge in [0.15, 0.2) is 0 Å². The fourth-order valence-corrected chi connectivity index (χ4v) is 4.61. The van der Waals surface area contributed by atoms with Gasteiger partial charge < -0.3 is 20.5 Å². The number of rotatable bonds is 4. The molecule has 2 unspecified atom stereocenters. The molecular weight excluding hydrogens is 455 g/mol. The van der Waals surface area contributed by atoms with Crippen LogP contribution in [0, 0.1) is 0 Å². The third-order valence-corrected chi connectivity index (χ3v) is 6.65. The van der Waals surface area contributed by atoms with E-state index in [-0.39, 0.29) is 18.2 Å². The lowest BCUT2D eigenvalue weighted by Gasteiger charge is -2.41. The Morgan fingerprint density at radius 2 is 1.84 bits per heavy atom. The minimum atomic E-state index is -9.95. The second-order valence-corrected chi connectivity index (χ2v) is 10.2. The Bertz CT molecular complexity index is 1110. The van der Waals surface area contributed by atoms with Gasteiger partial charge in [0.1, 0.15) is 4.90 Å². The van der Waals surface area contributed by atoms with Crippen LogP contribution >= 0.6 is 10.2 Å². The molecule has 5 nitrogen and oxygen atoms in total. The molecule has 0 saturated carbocycles. The van der Waals surface area contributed by atoms with Crippen LogP contribution in [0.15, 0.2) is 53.4 Å². The normalized spacial score (nSPS) is 22.9. The standard InChI is InChI=1S/C21H21F5N2O3S/c22-32(23,24,25,26)15-5-6-16(13-7-9-31-10-8-13)18(12-15)27-21(30)28-19-11-14-3-1-2-4-17(14)20(19)29/h1-7,12,19-20,29H,8-11H2,(H2,27,28,30). The molecule has 1 aliphatic carbocycles. The highest BCUT2D eigenvalue weighted by Gasteiger charge is 2.65. The molecule has 2 aromatic rings. The number of ether oxygens (including phenoxy) is 1. The molecule has 1 aliphatic heterocycles. The summed E-state index contributed by atoms with van der Waals surface area (Å²) < 4.78 is 72.1. The van der Waals surface area contributed by atoms with Crippen LogP contribution in [-0.2, 0) is 11.2 Å². The number of carbonyl (C=O) groups excluding carboxylic acids is 1. The van der Waals surface area contributed by atoms with E-state index in [4.69, 9.17) is 4.74 Å². The first-order valence-corrected chi connectivity index (χ1v) is 11.8. The highest BCUT2D eigenvalue weighted by atomic mass is 32.5. The molecule has 2 aromatic carbocycles. The van der Waals surface area contributed by atoms with Gasteiger partial charge >= 0.3 is 16.3 Å². The number of nitrogens with one attached hydrogen (secondary N) is 2. The second kappa shape index (κ2) is 7.19. The molecule has 11 heteroatoms. The van der Waals surface area contributed by atoms with Crippen molar-refractivity contribution in [1.82, 2.24) is 5.32 Å². The van der Waals surface area contributed by atoms with Crippen molar-refractivity contribution in [2.24, 2.45) is 0 Å². The SMILES string of the molecule is O=C(Nc1cc(S(F)(F)(F)(F)F)ccc1C1=CCOCC1)NC1Cc2ccccc2C1O. The first-order chi connectivity index (χ1) is 14.8. The number of fused-ring (bicyclic) bond motifs is 1. The fourth-order valence-electron chi connectivity index (χ4n) is 3.95. The van der Waals surface area contributed by atoms with Crippen LogP contribution in [0.5, 0.6) is 0 Å². The lowest BCUT2D eigenvalue weighted by molar-refractivity contribution is 0.145. The number of hydrogen-bond donors (Lipinski definition) is 3.